The summed E-state index contributed by atoms with van der Waals surface area (Å²) >= 11 is 0. The lowest BCUT2D eigenvalue weighted by atomic mass is 10.3. The summed E-state index contributed by atoms with van der Waals surface area (Å²) in [4.78, 5) is 8.64. The van der Waals surface area contributed by atoms with Crippen LogP contribution in [0.3, 0.4) is 0 Å². The Bertz CT molecular complexity index is 164. The zero-order valence-electron chi connectivity index (χ0n) is 9.37. The summed E-state index contributed by atoms with van der Waals surface area (Å²) in [5.74, 6) is 0. The van der Waals surface area contributed by atoms with Gasteiger partial charge in [0.15, 0.2) is 0 Å². The number of piperazine rings is 1. The summed E-state index contributed by atoms with van der Waals surface area (Å²) < 4.78 is 0. The van der Waals surface area contributed by atoms with Crippen LogP contribution in [0.15, 0.2) is 4.99 Å². The van der Waals surface area contributed by atoms with Gasteiger partial charge in [0.1, 0.15) is 0 Å². The third-order valence-electron chi connectivity index (χ3n) is 2.51. The van der Waals surface area contributed by atoms with Gasteiger partial charge in [-0.2, -0.15) is 0 Å². The summed E-state index contributed by atoms with van der Waals surface area (Å²) in [6, 6.07) is 0. The van der Waals surface area contributed by atoms with Gasteiger partial charge in [-0.1, -0.05) is 0 Å². The van der Waals surface area contributed by atoms with Crippen molar-refractivity contribution in [3.05, 3.63) is 0 Å². The average Bonchev–Trinajstić information content (AvgIpc) is 2.20. The van der Waals surface area contributed by atoms with Crippen molar-refractivity contribution in [3.8, 4) is 0 Å². The van der Waals surface area contributed by atoms with Gasteiger partial charge in [0, 0.05) is 46.8 Å². The standard InChI is InChI=1S/C10H22N4/c1-11-10-13(2)6-3-7-14-8-4-12-5-9-14/h10,12H,3-9H2,1-2H3/b11-10-. The van der Waals surface area contributed by atoms with Gasteiger partial charge < -0.3 is 15.1 Å². The Morgan fingerprint density at radius 1 is 1.43 bits per heavy atom. The summed E-state index contributed by atoms with van der Waals surface area (Å²) in [7, 11) is 3.89. The predicted octanol–water partition coefficient (Wildman–Crippen LogP) is -0.128. The fourth-order valence-electron chi connectivity index (χ4n) is 1.73. The first-order valence-corrected chi connectivity index (χ1v) is 5.38. The van der Waals surface area contributed by atoms with Crippen molar-refractivity contribution in [1.29, 1.82) is 0 Å². The van der Waals surface area contributed by atoms with E-state index in [9.17, 15) is 0 Å². The summed E-state index contributed by atoms with van der Waals surface area (Å²) in [5, 5.41) is 3.36. The first kappa shape index (κ1) is 11.5. The molecule has 0 spiro atoms. The maximum Gasteiger partial charge on any atom is 0.0843 e. The highest BCUT2D eigenvalue weighted by atomic mass is 15.2. The van der Waals surface area contributed by atoms with E-state index in [0.29, 0.717) is 0 Å². The number of hydrogen-bond donors (Lipinski definition) is 1. The van der Waals surface area contributed by atoms with E-state index >= 15 is 0 Å². The molecule has 1 saturated heterocycles. The molecule has 1 heterocycles. The molecule has 1 aliphatic heterocycles. The van der Waals surface area contributed by atoms with Gasteiger partial charge in [0.05, 0.1) is 6.34 Å². The van der Waals surface area contributed by atoms with Crippen molar-refractivity contribution in [2.75, 3.05) is 53.4 Å². The summed E-state index contributed by atoms with van der Waals surface area (Å²) in [6.45, 7) is 7.00. The molecule has 0 amide bonds. The van der Waals surface area contributed by atoms with E-state index < -0.39 is 0 Å². The largest absolute Gasteiger partial charge is 0.366 e. The predicted molar refractivity (Wildman–Crippen MR) is 61.0 cm³/mol. The number of hydrogen-bond acceptors (Lipinski definition) is 3. The van der Waals surface area contributed by atoms with Crippen LogP contribution in [0, 0.1) is 0 Å². The molecule has 0 atom stereocenters. The van der Waals surface area contributed by atoms with E-state index in [0.717, 1.165) is 19.6 Å². The van der Waals surface area contributed by atoms with Crippen molar-refractivity contribution in [1.82, 2.24) is 15.1 Å². The van der Waals surface area contributed by atoms with Crippen LogP contribution in [0.5, 0.6) is 0 Å². The molecule has 0 aromatic heterocycles. The maximum atomic E-state index is 3.98. The van der Waals surface area contributed by atoms with Gasteiger partial charge in [0.25, 0.3) is 0 Å². The van der Waals surface area contributed by atoms with Gasteiger partial charge in [-0.05, 0) is 13.0 Å². The van der Waals surface area contributed by atoms with Gasteiger partial charge >= 0.3 is 0 Å². The lowest BCUT2D eigenvalue weighted by Gasteiger charge is -2.27. The Morgan fingerprint density at radius 3 is 2.79 bits per heavy atom. The number of nitrogens with zero attached hydrogens (tertiary/aromatic N) is 3. The highest BCUT2D eigenvalue weighted by molar-refractivity contribution is 5.53. The van der Waals surface area contributed by atoms with Gasteiger partial charge in [-0.15, -0.1) is 0 Å². The molecule has 0 bridgehead atoms. The minimum atomic E-state index is 1.10. The Morgan fingerprint density at radius 2 is 2.14 bits per heavy atom. The van der Waals surface area contributed by atoms with Gasteiger partial charge in [-0.3, -0.25) is 4.99 Å². The Balaban J connectivity index is 2.02. The molecule has 1 fully saturated rings. The SMILES string of the molecule is C/N=C\N(C)CCCN1CCNCC1. The second kappa shape index (κ2) is 6.79. The van der Waals surface area contributed by atoms with Crippen LogP contribution in [0.25, 0.3) is 0 Å². The fourth-order valence-corrected chi connectivity index (χ4v) is 1.73. The molecular weight excluding hydrogens is 176 g/mol. The Labute approximate surface area is 87.0 Å². The lowest BCUT2D eigenvalue weighted by molar-refractivity contribution is 0.233. The molecule has 0 saturated carbocycles. The smallest absolute Gasteiger partial charge is 0.0843 e. The Hall–Kier alpha value is -0.610. The normalized spacial score (nSPS) is 19.0. The van der Waals surface area contributed by atoms with E-state index in [4.69, 9.17) is 0 Å². The molecule has 0 radical (unpaired) electrons. The monoisotopic (exact) mass is 198 g/mol. The summed E-state index contributed by atoms with van der Waals surface area (Å²) in [6.07, 6.45) is 3.11. The van der Waals surface area contributed by atoms with E-state index in [1.54, 1.807) is 0 Å². The molecule has 1 aliphatic rings. The molecule has 0 unspecified atom stereocenters. The van der Waals surface area contributed by atoms with Crippen LogP contribution in [-0.4, -0.2) is 69.5 Å². The van der Waals surface area contributed by atoms with Crippen LogP contribution < -0.4 is 5.32 Å². The van der Waals surface area contributed by atoms with E-state index in [2.05, 4.69) is 27.2 Å². The zero-order valence-corrected chi connectivity index (χ0v) is 9.37. The average molecular weight is 198 g/mol. The van der Waals surface area contributed by atoms with E-state index in [1.807, 2.05) is 13.4 Å². The van der Waals surface area contributed by atoms with Crippen LogP contribution in [0.4, 0.5) is 0 Å². The molecular formula is C10H22N4. The van der Waals surface area contributed by atoms with Gasteiger partial charge in [-0.25, -0.2) is 0 Å². The Kier molecular flexibility index (Phi) is 5.56. The van der Waals surface area contributed by atoms with Gasteiger partial charge in [0.2, 0.25) is 0 Å². The molecule has 4 heteroatoms. The topological polar surface area (TPSA) is 30.9 Å². The molecule has 4 nitrogen and oxygen atoms in total. The van der Waals surface area contributed by atoms with Crippen molar-refractivity contribution in [2.24, 2.45) is 4.99 Å². The van der Waals surface area contributed by atoms with Crippen molar-refractivity contribution in [2.45, 2.75) is 6.42 Å². The third kappa shape index (κ3) is 4.58. The molecule has 0 aliphatic carbocycles. The number of nitrogens with one attached hydrogen (secondary N) is 1. The van der Waals surface area contributed by atoms with Crippen molar-refractivity contribution < 1.29 is 0 Å². The first-order valence-electron chi connectivity index (χ1n) is 5.38. The van der Waals surface area contributed by atoms with E-state index in [1.165, 1.54) is 26.1 Å². The molecule has 14 heavy (non-hydrogen) atoms. The molecule has 0 aromatic rings. The van der Waals surface area contributed by atoms with Crippen LogP contribution in [-0.2, 0) is 0 Å². The molecule has 1 N–H and O–H groups in total. The molecule has 82 valence electrons. The van der Waals surface area contributed by atoms with Crippen LogP contribution >= 0.6 is 0 Å². The lowest BCUT2D eigenvalue weighted by Crippen LogP contribution is -2.44. The molecule has 1 rings (SSSR count). The number of aliphatic imine (C=N–C) groups is 1. The highest BCUT2D eigenvalue weighted by Crippen LogP contribution is 1.94. The number of rotatable bonds is 5. The highest BCUT2D eigenvalue weighted by Gasteiger charge is 2.08. The minimum Gasteiger partial charge on any atom is -0.366 e. The fraction of sp³-hybridized carbons (Fsp3) is 0.900. The second-order valence-electron chi connectivity index (χ2n) is 3.80. The minimum absolute atomic E-state index is 1.10. The second-order valence-corrected chi connectivity index (χ2v) is 3.80. The maximum absolute atomic E-state index is 3.98. The van der Waals surface area contributed by atoms with E-state index in [-0.39, 0.29) is 0 Å². The molecule has 0 aromatic carbocycles. The zero-order chi connectivity index (χ0) is 10.2. The summed E-state index contributed by atoms with van der Waals surface area (Å²) in [5.41, 5.74) is 0. The third-order valence-corrected chi connectivity index (χ3v) is 2.51. The van der Waals surface area contributed by atoms with Crippen molar-refractivity contribution >= 4 is 6.34 Å². The van der Waals surface area contributed by atoms with Crippen LogP contribution in [0.2, 0.25) is 0 Å². The first-order chi connectivity index (χ1) is 6.83. The quantitative estimate of drug-likeness (QED) is 0.493. The van der Waals surface area contributed by atoms with Crippen LogP contribution in [0.1, 0.15) is 6.42 Å². The van der Waals surface area contributed by atoms with Crippen molar-refractivity contribution in [3.63, 3.8) is 0 Å².